The second-order valence-electron chi connectivity index (χ2n) is 3.83. The van der Waals surface area contributed by atoms with Crippen molar-refractivity contribution < 1.29 is 4.74 Å². The molecule has 0 N–H and O–H groups in total. The van der Waals surface area contributed by atoms with E-state index in [1.807, 2.05) is 70.2 Å². The smallest absolute Gasteiger partial charge is 0.128 e. The number of rotatable bonds is 2. The number of benzene rings is 2. The van der Waals surface area contributed by atoms with Gasteiger partial charge in [-0.2, -0.15) is 0 Å². The van der Waals surface area contributed by atoms with Crippen LogP contribution in [0.4, 0.5) is 0 Å². The molecule has 0 heterocycles. The summed E-state index contributed by atoms with van der Waals surface area (Å²) < 4.78 is 5.68. The fourth-order valence-corrected chi connectivity index (χ4v) is 1.55. The van der Waals surface area contributed by atoms with Crippen molar-refractivity contribution in [2.75, 3.05) is 0 Å². The van der Waals surface area contributed by atoms with Gasteiger partial charge in [0.25, 0.3) is 0 Å². The fourth-order valence-electron chi connectivity index (χ4n) is 1.38. The molecule has 0 fully saturated rings. The maximum absolute atomic E-state index is 6.03. The van der Waals surface area contributed by atoms with Crippen LogP contribution in [-0.2, 0) is 0 Å². The molecule has 0 aliphatic carbocycles. The van der Waals surface area contributed by atoms with Crippen molar-refractivity contribution in [3.63, 3.8) is 0 Å². The van der Waals surface area contributed by atoms with Gasteiger partial charge in [-0.1, -0.05) is 49.2 Å². The molecule has 2 aromatic carbocycles. The monoisotopic (exact) mass is 262 g/mol. The Kier molecular flexibility index (Phi) is 5.73. The van der Waals surface area contributed by atoms with Gasteiger partial charge >= 0.3 is 0 Å². The van der Waals surface area contributed by atoms with Gasteiger partial charge in [0.05, 0.1) is 0 Å². The molecule has 0 amide bonds. The van der Waals surface area contributed by atoms with E-state index in [0.29, 0.717) is 0 Å². The Labute approximate surface area is 114 Å². The Hall–Kier alpha value is -1.47. The predicted octanol–water partition coefficient (Wildman–Crippen LogP) is 5.78. The summed E-state index contributed by atoms with van der Waals surface area (Å²) in [6.07, 6.45) is 0. The van der Waals surface area contributed by atoms with Gasteiger partial charge in [-0.15, -0.1) is 0 Å². The van der Waals surface area contributed by atoms with Gasteiger partial charge < -0.3 is 4.74 Å². The van der Waals surface area contributed by atoms with E-state index in [0.717, 1.165) is 22.1 Å². The summed E-state index contributed by atoms with van der Waals surface area (Å²) >= 11 is 6.03. The van der Waals surface area contributed by atoms with Crippen molar-refractivity contribution in [2.24, 2.45) is 0 Å². The van der Waals surface area contributed by atoms with Crippen molar-refractivity contribution in [1.29, 1.82) is 0 Å². The van der Waals surface area contributed by atoms with Gasteiger partial charge in [0, 0.05) is 5.02 Å². The lowest BCUT2D eigenvalue weighted by atomic mass is 10.2. The molecule has 0 radical (unpaired) electrons. The zero-order valence-corrected chi connectivity index (χ0v) is 12.1. The van der Waals surface area contributed by atoms with Crippen molar-refractivity contribution in [1.82, 2.24) is 0 Å². The number of ether oxygens (including phenoxy) is 1. The second kappa shape index (κ2) is 7.07. The molecule has 0 unspecified atom stereocenters. The molecule has 96 valence electrons. The zero-order valence-electron chi connectivity index (χ0n) is 11.3. The standard InChI is InChI=1S/C14H13ClO.C2H6/c1-10-3-6-12(7-4-10)16-13-8-5-11(2)14(15)9-13;1-2/h3-9H,1-2H3;1-2H3. The molecule has 0 bridgehead atoms. The van der Waals surface area contributed by atoms with Crippen molar-refractivity contribution in [3.05, 3.63) is 58.6 Å². The maximum Gasteiger partial charge on any atom is 0.128 e. The summed E-state index contributed by atoms with van der Waals surface area (Å²) in [6, 6.07) is 13.6. The van der Waals surface area contributed by atoms with E-state index in [2.05, 4.69) is 0 Å². The molecule has 0 aliphatic rings. The Morgan fingerprint density at radius 1 is 0.833 bits per heavy atom. The molecule has 0 saturated heterocycles. The number of halogens is 1. The molecule has 0 atom stereocenters. The predicted molar refractivity (Wildman–Crippen MR) is 78.8 cm³/mol. The third-order valence-electron chi connectivity index (χ3n) is 2.40. The zero-order chi connectivity index (χ0) is 13.5. The molecule has 1 nitrogen and oxygen atoms in total. The van der Waals surface area contributed by atoms with Crippen LogP contribution < -0.4 is 4.74 Å². The highest BCUT2D eigenvalue weighted by atomic mass is 35.5. The van der Waals surface area contributed by atoms with E-state index in [9.17, 15) is 0 Å². The van der Waals surface area contributed by atoms with Crippen LogP contribution in [0.3, 0.4) is 0 Å². The molecule has 0 spiro atoms. The first kappa shape index (κ1) is 14.6. The third kappa shape index (κ3) is 4.08. The summed E-state index contributed by atoms with van der Waals surface area (Å²) in [4.78, 5) is 0. The topological polar surface area (TPSA) is 9.23 Å². The first-order chi connectivity index (χ1) is 8.65. The summed E-state index contributed by atoms with van der Waals surface area (Å²) in [5.74, 6) is 1.59. The van der Waals surface area contributed by atoms with Gasteiger partial charge in [-0.05, 0) is 43.7 Å². The van der Waals surface area contributed by atoms with Crippen LogP contribution in [0, 0.1) is 13.8 Å². The van der Waals surface area contributed by atoms with Gasteiger partial charge in [-0.25, -0.2) is 0 Å². The van der Waals surface area contributed by atoms with E-state index >= 15 is 0 Å². The van der Waals surface area contributed by atoms with Crippen molar-refractivity contribution in [2.45, 2.75) is 27.7 Å². The Bertz CT molecular complexity index is 489. The Morgan fingerprint density at radius 2 is 1.39 bits per heavy atom. The lowest BCUT2D eigenvalue weighted by molar-refractivity contribution is 0.482. The Balaban J connectivity index is 0.000000771. The molecule has 2 rings (SSSR count). The number of hydrogen-bond acceptors (Lipinski definition) is 1. The lowest BCUT2D eigenvalue weighted by Gasteiger charge is -2.07. The number of hydrogen-bond donors (Lipinski definition) is 0. The first-order valence-electron chi connectivity index (χ1n) is 6.16. The summed E-state index contributed by atoms with van der Waals surface area (Å²) in [5, 5.41) is 0.726. The SMILES string of the molecule is CC.Cc1ccc(Oc2ccc(C)c(Cl)c2)cc1. The molecule has 18 heavy (non-hydrogen) atoms. The highest BCUT2D eigenvalue weighted by Crippen LogP contribution is 2.26. The van der Waals surface area contributed by atoms with Crippen molar-refractivity contribution in [3.8, 4) is 11.5 Å². The average molecular weight is 263 g/mol. The molecule has 0 aromatic heterocycles. The van der Waals surface area contributed by atoms with E-state index in [1.165, 1.54) is 5.56 Å². The lowest BCUT2D eigenvalue weighted by Crippen LogP contribution is -1.85. The maximum atomic E-state index is 6.03. The van der Waals surface area contributed by atoms with E-state index in [1.54, 1.807) is 0 Å². The minimum atomic E-state index is 0.726. The Morgan fingerprint density at radius 3 is 1.94 bits per heavy atom. The normalized spacial score (nSPS) is 9.39. The molecule has 0 aliphatic heterocycles. The first-order valence-corrected chi connectivity index (χ1v) is 6.53. The second-order valence-corrected chi connectivity index (χ2v) is 4.23. The molecular formula is C16H19ClO. The van der Waals surface area contributed by atoms with Crippen LogP contribution in [0.2, 0.25) is 5.02 Å². The minimum absolute atomic E-state index is 0.726. The van der Waals surface area contributed by atoms with Gasteiger partial charge in [0.2, 0.25) is 0 Å². The average Bonchev–Trinajstić information content (AvgIpc) is 2.39. The van der Waals surface area contributed by atoms with Crippen LogP contribution in [-0.4, -0.2) is 0 Å². The molecular weight excluding hydrogens is 244 g/mol. The van der Waals surface area contributed by atoms with Crippen molar-refractivity contribution >= 4 is 11.6 Å². The largest absolute Gasteiger partial charge is 0.457 e. The minimum Gasteiger partial charge on any atom is -0.457 e. The molecule has 2 aromatic rings. The molecule has 0 saturated carbocycles. The van der Waals surface area contributed by atoms with Gasteiger partial charge in [-0.3, -0.25) is 0 Å². The highest BCUT2D eigenvalue weighted by Gasteiger charge is 2.00. The van der Waals surface area contributed by atoms with E-state index < -0.39 is 0 Å². The summed E-state index contributed by atoms with van der Waals surface area (Å²) in [5.41, 5.74) is 2.27. The highest BCUT2D eigenvalue weighted by molar-refractivity contribution is 6.31. The van der Waals surface area contributed by atoms with Crippen LogP contribution in [0.15, 0.2) is 42.5 Å². The molecule has 2 heteroatoms. The van der Waals surface area contributed by atoms with Crippen LogP contribution in [0.1, 0.15) is 25.0 Å². The third-order valence-corrected chi connectivity index (χ3v) is 2.81. The quantitative estimate of drug-likeness (QED) is 0.667. The summed E-state index contributed by atoms with van der Waals surface area (Å²) in [7, 11) is 0. The van der Waals surface area contributed by atoms with Crippen LogP contribution >= 0.6 is 11.6 Å². The van der Waals surface area contributed by atoms with Gasteiger partial charge in [0.15, 0.2) is 0 Å². The van der Waals surface area contributed by atoms with Gasteiger partial charge in [0.1, 0.15) is 11.5 Å². The summed E-state index contributed by atoms with van der Waals surface area (Å²) in [6.45, 7) is 8.02. The fraction of sp³-hybridized carbons (Fsp3) is 0.250. The van der Waals surface area contributed by atoms with Crippen LogP contribution in [0.5, 0.6) is 11.5 Å². The van der Waals surface area contributed by atoms with Crippen LogP contribution in [0.25, 0.3) is 0 Å². The van der Waals surface area contributed by atoms with E-state index in [-0.39, 0.29) is 0 Å². The van der Waals surface area contributed by atoms with E-state index in [4.69, 9.17) is 16.3 Å². The number of aryl methyl sites for hydroxylation is 2.